The van der Waals surface area contributed by atoms with Crippen molar-refractivity contribution in [3.8, 4) is 0 Å². The smallest absolute Gasteiger partial charge is 0.336 e. The molecule has 2 aromatic carbocycles. The molecular weight excluding hydrogens is 468 g/mol. The monoisotopic (exact) mass is 494 g/mol. The average molecular weight is 495 g/mol. The van der Waals surface area contributed by atoms with Gasteiger partial charge in [0.2, 0.25) is 0 Å². The normalized spacial score (nSPS) is 14.6. The molecule has 0 aliphatic carbocycles. The van der Waals surface area contributed by atoms with E-state index >= 15 is 0 Å². The van der Waals surface area contributed by atoms with Crippen LogP contribution in [0.15, 0.2) is 62.9 Å². The molecule has 2 aromatic heterocycles. The molecule has 0 unspecified atom stereocenters. The van der Waals surface area contributed by atoms with Crippen LogP contribution >= 0.6 is 23.4 Å². The maximum absolute atomic E-state index is 12.2. The van der Waals surface area contributed by atoms with Crippen LogP contribution in [-0.2, 0) is 18.8 Å². The lowest BCUT2D eigenvalue weighted by atomic mass is 10.1. The molecule has 34 heavy (non-hydrogen) atoms. The fourth-order valence-corrected chi connectivity index (χ4v) is 5.51. The SMILES string of the molecule is Cc1cc2oc(=O)cc(CSc3nnc(CN4CCCCC4)n3Cc3ccccc3)c2cc1Cl. The third-order valence-electron chi connectivity index (χ3n) is 6.26. The summed E-state index contributed by atoms with van der Waals surface area (Å²) in [5.74, 6) is 1.54. The topological polar surface area (TPSA) is 64.2 Å². The van der Waals surface area contributed by atoms with Gasteiger partial charge in [0, 0.05) is 22.2 Å². The number of nitrogens with zero attached hydrogens (tertiary/aromatic N) is 4. The molecule has 1 saturated heterocycles. The van der Waals surface area contributed by atoms with E-state index in [-0.39, 0.29) is 5.63 Å². The molecule has 8 heteroatoms. The van der Waals surface area contributed by atoms with Crippen LogP contribution in [0.25, 0.3) is 11.0 Å². The Morgan fingerprint density at radius 1 is 1.03 bits per heavy atom. The lowest BCUT2D eigenvalue weighted by Gasteiger charge is -2.26. The average Bonchev–Trinajstić information content (AvgIpc) is 3.21. The Morgan fingerprint density at radius 2 is 1.82 bits per heavy atom. The minimum absolute atomic E-state index is 0.360. The summed E-state index contributed by atoms with van der Waals surface area (Å²) < 4.78 is 7.63. The molecule has 1 aliphatic heterocycles. The van der Waals surface area contributed by atoms with Crippen LogP contribution in [-0.4, -0.2) is 32.8 Å². The molecule has 1 aliphatic rings. The third-order valence-corrected chi connectivity index (χ3v) is 7.68. The zero-order valence-corrected chi connectivity index (χ0v) is 20.7. The van der Waals surface area contributed by atoms with E-state index in [0.717, 1.165) is 47.1 Å². The number of thioether (sulfide) groups is 1. The van der Waals surface area contributed by atoms with Crippen LogP contribution in [0.1, 0.15) is 41.8 Å². The second-order valence-corrected chi connectivity index (χ2v) is 10.1. The summed E-state index contributed by atoms with van der Waals surface area (Å²) in [6.45, 7) is 5.62. The minimum atomic E-state index is -0.360. The van der Waals surface area contributed by atoms with Crippen molar-refractivity contribution in [2.75, 3.05) is 13.1 Å². The van der Waals surface area contributed by atoms with E-state index in [1.165, 1.54) is 24.8 Å². The molecule has 176 valence electrons. The first kappa shape index (κ1) is 23.1. The van der Waals surface area contributed by atoms with Gasteiger partial charge in [-0.05, 0) is 61.7 Å². The standard InChI is InChI=1S/C26H27ClN4O2S/c1-18-12-23-21(14-22(18)27)20(13-25(32)33-23)17-34-26-29-28-24(16-30-10-6-3-7-11-30)31(26)15-19-8-4-2-5-9-19/h2,4-5,8-9,12-14H,3,6-7,10-11,15-17H2,1H3. The van der Waals surface area contributed by atoms with Crippen LogP contribution in [0, 0.1) is 6.92 Å². The van der Waals surface area contributed by atoms with Crippen LogP contribution < -0.4 is 5.63 Å². The second-order valence-electron chi connectivity index (χ2n) is 8.78. The molecule has 6 nitrogen and oxygen atoms in total. The predicted octanol–water partition coefficient (Wildman–Crippen LogP) is 5.67. The first-order valence-electron chi connectivity index (χ1n) is 11.6. The zero-order chi connectivity index (χ0) is 23.5. The lowest BCUT2D eigenvalue weighted by molar-refractivity contribution is 0.213. The Balaban J connectivity index is 1.44. The number of rotatable bonds is 7. The van der Waals surface area contributed by atoms with Crippen LogP contribution in [0.5, 0.6) is 0 Å². The second kappa shape index (κ2) is 10.3. The van der Waals surface area contributed by atoms with E-state index in [1.54, 1.807) is 17.8 Å². The van der Waals surface area contributed by atoms with Gasteiger partial charge >= 0.3 is 5.63 Å². The van der Waals surface area contributed by atoms with Gasteiger partial charge < -0.3 is 8.98 Å². The van der Waals surface area contributed by atoms with Crippen LogP contribution in [0.3, 0.4) is 0 Å². The number of aryl methyl sites for hydroxylation is 1. The van der Waals surface area contributed by atoms with Gasteiger partial charge in [-0.25, -0.2) is 4.79 Å². The molecule has 1 fully saturated rings. The zero-order valence-electron chi connectivity index (χ0n) is 19.2. The Bertz CT molecular complexity index is 1350. The van der Waals surface area contributed by atoms with Crippen LogP contribution in [0.2, 0.25) is 5.02 Å². The summed E-state index contributed by atoms with van der Waals surface area (Å²) in [5, 5.41) is 11.5. The number of piperidine rings is 1. The fourth-order valence-electron chi connectivity index (χ4n) is 4.39. The predicted molar refractivity (Wildman–Crippen MR) is 136 cm³/mol. The molecular formula is C26H27ClN4O2S. The Hall–Kier alpha value is -2.61. The molecule has 0 radical (unpaired) electrons. The fraction of sp³-hybridized carbons (Fsp3) is 0.346. The number of hydrogen-bond donors (Lipinski definition) is 0. The van der Waals surface area contributed by atoms with Crippen molar-refractivity contribution >= 4 is 34.3 Å². The highest BCUT2D eigenvalue weighted by Gasteiger charge is 2.19. The van der Waals surface area contributed by atoms with E-state index in [1.807, 2.05) is 25.1 Å². The van der Waals surface area contributed by atoms with Gasteiger partial charge in [0.05, 0.1) is 13.1 Å². The number of halogens is 1. The summed E-state index contributed by atoms with van der Waals surface area (Å²) in [6.07, 6.45) is 3.77. The van der Waals surface area contributed by atoms with Gasteiger partial charge in [0.1, 0.15) is 11.4 Å². The summed E-state index contributed by atoms with van der Waals surface area (Å²) in [6, 6.07) is 15.6. The third kappa shape index (κ3) is 5.22. The molecule has 0 N–H and O–H groups in total. The molecule has 3 heterocycles. The summed E-state index contributed by atoms with van der Waals surface area (Å²) >= 11 is 7.95. The quantitative estimate of drug-likeness (QED) is 0.243. The van der Waals surface area contributed by atoms with Crippen molar-refractivity contribution in [2.45, 2.75) is 50.2 Å². The van der Waals surface area contributed by atoms with Gasteiger partial charge in [-0.1, -0.05) is 60.1 Å². The maximum atomic E-state index is 12.2. The van der Waals surface area contributed by atoms with E-state index in [9.17, 15) is 4.79 Å². The molecule has 0 bridgehead atoms. The number of likely N-dealkylation sites (tertiary alicyclic amines) is 1. The van der Waals surface area contributed by atoms with E-state index in [4.69, 9.17) is 16.0 Å². The number of benzene rings is 2. The summed E-state index contributed by atoms with van der Waals surface area (Å²) in [7, 11) is 0. The minimum Gasteiger partial charge on any atom is -0.423 e. The molecule has 0 amide bonds. The molecule has 0 atom stereocenters. The number of fused-ring (bicyclic) bond motifs is 1. The van der Waals surface area contributed by atoms with Gasteiger partial charge in [0.25, 0.3) is 0 Å². The highest BCUT2D eigenvalue weighted by Crippen LogP contribution is 2.30. The molecule has 0 saturated carbocycles. The highest BCUT2D eigenvalue weighted by atomic mass is 35.5. The summed E-state index contributed by atoms with van der Waals surface area (Å²) in [5.41, 5.74) is 3.16. The van der Waals surface area contributed by atoms with Gasteiger partial charge in [-0.2, -0.15) is 0 Å². The Labute approximate surface area is 207 Å². The van der Waals surface area contributed by atoms with Crippen molar-refractivity contribution in [2.24, 2.45) is 0 Å². The molecule has 0 spiro atoms. The largest absolute Gasteiger partial charge is 0.423 e. The van der Waals surface area contributed by atoms with E-state index in [0.29, 0.717) is 22.9 Å². The summed E-state index contributed by atoms with van der Waals surface area (Å²) in [4.78, 5) is 14.7. The molecule has 4 aromatic rings. The number of aromatic nitrogens is 3. The first-order valence-corrected chi connectivity index (χ1v) is 13.0. The Morgan fingerprint density at radius 3 is 2.62 bits per heavy atom. The number of hydrogen-bond acceptors (Lipinski definition) is 6. The van der Waals surface area contributed by atoms with Gasteiger partial charge in [-0.15, -0.1) is 10.2 Å². The lowest BCUT2D eigenvalue weighted by Crippen LogP contribution is -2.30. The van der Waals surface area contributed by atoms with E-state index < -0.39 is 0 Å². The maximum Gasteiger partial charge on any atom is 0.336 e. The van der Waals surface area contributed by atoms with Crippen molar-refractivity contribution in [1.29, 1.82) is 0 Å². The van der Waals surface area contributed by atoms with Gasteiger partial charge in [-0.3, -0.25) is 4.90 Å². The van der Waals surface area contributed by atoms with E-state index in [2.05, 4.69) is 43.9 Å². The Kier molecular flexibility index (Phi) is 7.04. The van der Waals surface area contributed by atoms with Crippen molar-refractivity contribution in [1.82, 2.24) is 19.7 Å². The van der Waals surface area contributed by atoms with Crippen LogP contribution in [0.4, 0.5) is 0 Å². The van der Waals surface area contributed by atoms with Crippen molar-refractivity contribution < 1.29 is 4.42 Å². The van der Waals surface area contributed by atoms with Crippen molar-refractivity contribution in [3.05, 3.63) is 86.5 Å². The van der Waals surface area contributed by atoms with Gasteiger partial charge in [0.15, 0.2) is 5.16 Å². The first-order chi connectivity index (χ1) is 16.6. The highest BCUT2D eigenvalue weighted by molar-refractivity contribution is 7.98. The molecule has 5 rings (SSSR count). The van der Waals surface area contributed by atoms with Crippen molar-refractivity contribution in [3.63, 3.8) is 0 Å².